The molecular weight excluding hydrogens is 276 g/mol. The molecule has 0 aromatic heterocycles. The molecule has 0 atom stereocenters. The predicted molar refractivity (Wildman–Crippen MR) is 87.7 cm³/mol. The SMILES string of the molecule is COC(=O)/C=C(\C)c1ccccc1N=C=Nc1ccccc1. The lowest BCUT2D eigenvalue weighted by Crippen LogP contribution is -1.95. The third-order valence-corrected chi connectivity index (χ3v) is 2.97. The first kappa shape index (κ1) is 15.4. The van der Waals surface area contributed by atoms with Gasteiger partial charge in [-0.1, -0.05) is 36.4 Å². The van der Waals surface area contributed by atoms with Crippen LogP contribution in [0.3, 0.4) is 0 Å². The van der Waals surface area contributed by atoms with E-state index in [1.165, 1.54) is 13.2 Å². The second-order valence-electron chi connectivity index (χ2n) is 4.53. The van der Waals surface area contributed by atoms with Gasteiger partial charge in [0.1, 0.15) is 6.01 Å². The third-order valence-electron chi connectivity index (χ3n) is 2.97. The zero-order chi connectivity index (χ0) is 15.8. The predicted octanol–water partition coefficient (Wildman–Crippen LogP) is 4.40. The van der Waals surface area contributed by atoms with Gasteiger partial charge < -0.3 is 4.74 Å². The Bertz CT molecular complexity index is 743. The summed E-state index contributed by atoms with van der Waals surface area (Å²) < 4.78 is 4.64. The van der Waals surface area contributed by atoms with Crippen molar-refractivity contribution in [2.75, 3.05) is 7.11 Å². The minimum absolute atomic E-state index is 0.394. The first-order valence-electron chi connectivity index (χ1n) is 6.78. The van der Waals surface area contributed by atoms with Gasteiger partial charge in [-0.25, -0.2) is 4.79 Å². The van der Waals surface area contributed by atoms with Crippen LogP contribution in [-0.4, -0.2) is 19.1 Å². The van der Waals surface area contributed by atoms with Gasteiger partial charge in [0.25, 0.3) is 0 Å². The maximum Gasteiger partial charge on any atom is 0.330 e. The fraction of sp³-hybridized carbons (Fsp3) is 0.111. The lowest BCUT2D eigenvalue weighted by molar-refractivity contribution is -0.134. The molecule has 0 saturated carbocycles. The minimum atomic E-state index is -0.394. The molecule has 4 heteroatoms. The maximum absolute atomic E-state index is 11.3. The summed E-state index contributed by atoms with van der Waals surface area (Å²) in [6.45, 7) is 1.83. The van der Waals surface area contributed by atoms with Crippen LogP contribution in [0.2, 0.25) is 0 Å². The molecule has 2 rings (SSSR count). The van der Waals surface area contributed by atoms with Crippen LogP contribution in [0.5, 0.6) is 0 Å². The molecular formula is C18H16N2O2. The highest BCUT2D eigenvalue weighted by atomic mass is 16.5. The number of esters is 1. The summed E-state index contributed by atoms with van der Waals surface area (Å²) in [5.41, 5.74) is 3.08. The van der Waals surface area contributed by atoms with Gasteiger partial charge in [0, 0.05) is 11.6 Å². The number of rotatable bonds is 4. The molecule has 110 valence electrons. The minimum Gasteiger partial charge on any atom is -0.466 e. The van der Waals surface area contributed by atoms with Crippen molar-refractivity contribution in [1.29, 1.82) is 0 Å². The molecule has 0 aliphatic rings. The second kappa shape index (κ2) is 7.72. The van der Waals surface area contributed by atoms with Crippen molar-refractivity contribution in [1.82, 2.24) is 0 Å². The molecule has 22 heavy (non-hydrogen) atoms. The van der Waals surface area contributed by atoms with Crippen molar-refractivity contribution in [3.63, 3.8) is 0 Å². The highest BCUT2D eigenvalue weighted by Crippen LogP contribution is 2.25. The van der Waals surface area contributed by atoms with Crippen LogP contribution in [0.25, 0.3) is 5.57 Å². The fourth-order valence-electron chi connectivity index (χ4n) is 1.86. The molecule has 0 aliphatic carbocycles. The number of hydrogen-bond acceptors (Lipinski definition) is 4. The number of carbonyl (C=O) groups excluding carboxylic acids is 1. The van der Waals surface area contributed by atoms with Crippen molar-refractivity contribution >= 4 is 28.9 Å². The van der Waals surface area contributed by atoms with E-state index < -0.39 is 5.97 Å². The highest BCUT2D eigenvalue weighted by Gasteiger charge is 2.04. The lowest BCUT2D eigenvalue weighted by Gasteiger charge is -2.04. The smallest absolute Gasteiger partial charge is 0.330 e. The largest absolute Gasteiger partial charge is 0.466 e. The first-order chi connectivity index (χ1) is 10.7. The zero-order valence-corrected chi connectivity index (χ0v) is 12.5. The Morgan fingerprint density at radius 1 is 1.05 bits per heavy atom. The quantitative estimate of drug-likeness (QED) is 0.476. The van der Waals surface area contributed by atoms with E-state index in [4.69, 9.17) is 0 Å². The van der Waals surface area contributed by atoms with Gasteiger partial charge in [0.05, 0.1) is 18.5 Å². The molecule has 0 unspecified atom stereocenters. The molecule has 0 amide bonds. The standard InChI is InChI=1S/C18H16N2O2/c1-14(12-18(21)22-2)16-10-6-7-11-17(16)20-13-19-15-8-4-3-5-9-15/h3-12H,1-2H3/b14-12+. The van der Waals surface area contributed by atoms with Gasteiger partial charge in [-0.3, -0.25) is 0 Å². The Morgan fingerprint density at radius 3 is 2.45 bits per heavy atom. The van der Waals surface area contributed by atoms with Crippen molar-refractivity contribution in [2.45, 2.75) is 6.92 Å². The fourth-order valence-corrected chi connectivity index (χ4v) is 1.86. The van der Waals surface area contributed by atoms with E-state index in [0.29, 0.717) is 5.69 Å². The Kier molecular flexibility index (Phi) is 5.41. The topological polar surface area (TPSA) is 51.0 Å². The van der Waals surface area contributed by atoms with Crippen molar-refractivity contribution in [2.24, 2.45) is 9.98 Å². The van der Waals surface area contributed by atoms with E-state index in [1.807, 2.05) is 61.5 Å². The normalized spacial score (nSPS) is 10.5. The average Bonchev–Trinajstić information content (AvgIpc) is 2.56. The van der Waals surface area contributed by atoms with E-state index in [1.54, 1.807) is 0 Å². The summed E-state index contributed by atoms with van der Waals surface area (Å²) in [4.78, 5) is 19.7. The van der Waals surface area contributed by atoms with Gasteiger partial charge >= 0.3 is 5.97 Å². The van der Waals surface area contributed by atoms with Gasteiger partial charge in [-0.05, 0) is 30.7 Å². The highest BCUT2D eigenvalue weighted by molar-refractivity contribution is 5.92. The summed E-state index contributed by atoms with van der Waals surface area (Å²) in [5, 5.41) is 0. The Labute approximate surface area is 129 Å². The average molecular weight is 292 g/mol. The zero-order valence-electron chi connectivity index (χ0n) is 12.5. The summed E-state index contributed by atoms with van der Waals surface area (Å²) in [6.07, 6.45) is 1.43. The number of carbonyl (C=O) groups is 1. The number of allylic oxidation sites excluding steroid dienone is 1. The number of benzene rings is 2. The van der Waals surface area contributed by atoms with Crippen LogP contribution in [0, 0.1) is 0 Å². The van der Waals surface area contributed by atoms with E-state index in [-0.39, 0.29) is 0 Å². The van der Waals surface area contributed by atoms with Crippen LogP contribution < -0.4 is 0 Å². The summed E-state index contributed by atoms with van der Waals surface area (Å²) in [7, 11) is 1.35. The first-order valence-corrected chi connectivity index (χ1v) is 6.78. The summed E-state index contributed by atoms with van der Waals surface area (Å²) in [6, 6.07) is 19.6. The molecule has 0 saturated heterocycles. The van der Waals surface area contributed by atoms with Crippen molar-refractivity contribution < 1.29 is 9.53 Å². The molecule has 0 bridgehead atoms. The molecule has 0 radical (unpaired) electrons. The lowest BCUT2D eigenvalue weighted by atomic mass is 10.1. The van der Waals surface area contributed by atoms with Gasteiger partial charge in [-0.15, -0.1) is 0 Å². The molecule has 0 aliphatic heterocycles. The number of methoxy groups -OCH3 is 1. The maximum atomic E-state index is 11.3. The van der Waals surface area contributed by atoms with Gasteiger partial charge in [0.2, 0.25) is 0 Å². The molecule has 0 heterocycles. The van der Waals surface area contributed by atoms with Gasteiger partial charge in [-0.2, -0.15) is 9.98 Å². The molecule has 4 nitrogen and oxygen atoms in total. The van der Waals surface area contributed by atoms with Crippen LogP contribution in [0.4, 0.5) is 11.4 Å². The number of ether oxygens (including phenoxy) is 1. The summed E-state index contributed by atoms with van der Waals surface area (Å²) >= 11 is 0. The molecule has 2 aromatic rings. The van der Waals surface area contributed by atoms with E-state index in [2.05, 4.69) is 20.7 Å². The van der Waals surface area contributed by atoms with Crippen LogP contribution in [-0.2, 0) is 9.53 Å². The van der Waals surface area contributed by atoms with E-state index >= 15 is 0 Å². The van der Waals surface area contributed by atoms with Crippen molar-refractivity contribution in [3.05, 3.63) is 66.2 Å². The van der Waals surface area contributed by atoms with Crippen molar-refractivity contribution in [3.8, 4) is 0 Å². The molecule has 0 fully saturated rings. The Hall–Kier alpha value is -2.97. The van der Waals surface area contributed by atoms with Crippen LogP contribution in [0.15, 0.2) is 70.7 Å². The van der Waals surface area contributed by atoms with E-state index in [0.717, 1.165) is 16.8 Å². The molecule has 0 spiro atoms. The Balaban J connectivity index is 2.31. The number of nitrogens with zero attached hydrogens (tertiary/aromatic N) is 2. The number of aliphatic imine (C=N–C) groups is 2. The molecule has 2 aromatic carbocycles. The monoisotopic (exact) mass is 292 g/mol. The van der Waals surface area contributed by atoms with E-state index in [9.17, 15) is 4.79 Å². The Morgan fingerprint density at radius 2 is 1.73 bits per heavy atom. The molecule has 0 N–H and O–H groups in total. The van der Waals surface area contributed by atoms with Gasteiger partial charge in [0.15, 0.2) is 0 Å². The van der Waals surface area contributed by atoms with Crippen LogP contribution >= 0.6 is 0 Å². The third kappa shape index (κ3) is 4.27. The summed E-state index contributed by atoms with van der Waals surface area (Å²) in [5.74, 6) is -0.394. The van der Waals surface area contributed by atoms with Crippen LogP contribution in [0.1, 0.15) is 12.5 Å². The number of hydrogen-bond donors (Lipinski definition) is 0. The second-order valence-corrected chi connectivity index (χ2v) is 4.53. The number of para-hydroxylation sites is 2.